The summed E-state index contributed by atoms with van der Waals surface area (Å²) in [6, 6.07) is 3.91. The minimum atomic E-state index is -4.39. The van der Waals surface area contributed by atoms with Gasteiger partial charge in [-0.15, -0.1) is 0 Å². The number of halogens is 4. The summed E-state index contributed by atoms with van der Waals surface area (Å²) in [6.45, 7) is 2.36. The van der Waals surface area contributed by atoms with Crippen LogP contribution in [0.1, 0.15) is 17.2 Å². The molecule has 0 amide bonds. The second kappa shape index (κ2) is 4.84. The largest absolute Gasteiger partial charge is 0.417 e. The highest BCUT2D eigenvalue weighted by atomic mass is 35.5. The van der Waals surface area contributed by atoms with E-state index in [2.05, 4.69) is 10.6 Å². The highest BCUT2D eigenvalue weighted by Gasteiger charge is 2.33. The van der Waals surface area contributed by atoms with Gasteiger partial charge in [0, 0.05) is 25.7 Å². The van der Waals surface area contributed by atoms with E-state index in [1.165, 1.54) is 12.1 Å². The molecule has 1 saturated heterocycles. The molecule has 0 aliphatic carbocycles. The Morgan fingerprint density at radius 2 is 2.00 bits per heavy atom. The normalized spacial score (nSPS) is 21.5. The summed E-state index contributed by atoms with van der Waals surface area (Å²) < 4.78 is 37.5. The van der Waals surface area contributed by atoms with Gasteiger partial charge in [-0.2, -0.15) is 13.2 Å². The van der Waals surface area contributed by atoms with Crippen LogP contribution < -0.4 is 10.6 Å². The van der Waals surface area contributed by atoms with Gasteiger partial charge >= 0.3 is 6.18 Å². The van der Waals surface area contributed by atoms with Gasteiger partial charge in [0.2, 0.25) is 0 Å². The average Bonchev–Trinajstić information content (AvgIpc) is 2.28. The fourth-order valence-corrected chi connectivity index (χ4v) is 2.16. The van der Waals surface area contributed by atoms with Gasteiger partial charge < -0.3 is 10.6 Å². The zero-order valence-electron chi connectivity index (χ0n) is 8.94. The molecule has 1 aliphatic heterocycles. The van der Waals surface area contributed by atoms with Crippen LogP contribution in [-0.2, 0) is 6.18 Å². The van der Waals surface area contributed by atoms with Crippen LogP contribution in [0, 0.1) is 0 Å². The van der Waals surface area contributed by atoms with E-state index in [1.807, 2.05) is 0 Å². The molecule has 17 heavy (non-hydrogen) atoms. The topological polar surface area (TPSA) is 24.1 Å². The Labute approximate surface area is 102 Å². The predicted molar refractivity (Wildman–Crippen MR) is 60.1 cm³/mol. The molecule has 1 aromatic rings. The lowest BCUT2D eigenvalue weighted by atomic mass is 10.0. The Bertz CT molecular complexity index is 400. The molecule has 1 atom stereocenters. The standard InChI is InChI=1S/C11H12ClF3N2/c12-9-5-7(10-6-16-3-4-17-10)1-2-8(9)11(13,14)15/h1-2,5,10,16-17H,3-4,6H2/t10-/m0/s1. The Morgan fingerprint density at radius 1 is 1.24 bits per heavy atom. The molecular weight excluding hydrogens is 253 g/mol. The first-order chi connectivity index (χ1) is 7.98. The molecule has 2 rings (SSSR count). The number of hydrogen-bond acceptors (Lipinski definition) is 2. The lowest BCUT2D eigenvalue weighted by Crippen LogP contribution is -2.42. The Hall–Kier alpha value is -0.780. The summed E-state index contributed by atoms with van der Waals surface area (Å²) in [5, 5.41) is 6.14. The quantitative estimate of drug-likeness (QED) is 0.815. The SMILES string of the molecule is FC(F)(F)c1ccc([C@@H]2CNCCN2)cc1Cl. The molecule has 94 valence electrons. The third kappa shape index (κ3) is 2.91. The lowest BCUT2D eigenvalue weighted by molar-refractivity contribution is -0.137. The van der Waals surface area contributed by atoms with E-state index in [-0.39, 0.29) is 11.1 Å². The minimum Gasteiger partial charge on any atom is -0.314 e. The zero-order chi connectivity index (χ0) is 12.5. The summed E-state index contributed by atoms with van der Waals surface area (Å²) in [6.07, 6.45) is -4.39. The number of piperazine rings is 1. The lowest BCUT2D eigenvalue weighted by Gasteiger charge is -2.25. The van der Waals surface area contributed by atoms with E-state index < -0.39 is 11.7 Å². The van der Waals surface area contributed by atoms with Crippen LogP contribution in [0.4, 0.5) is 13.2 Å². The smallest absolute Gasteiger partial charge is 0.314 e. The number of nitrogens with one attached hydrogen (secondary N) is 2. The van der Waals surface area contributed by atoms with Crippen LogP contribution in [0.5, 0.6) is 0 Å². The van der Waals surface area contributed by atoms with Gasteiger partial charge in [0.05, 0.1) is 10.6 Å². The average molecular weight is 265 g/mol. The summed E-state index contributed by atoms with van der Waals surface area (Å²) in [7, 11) is 0. The molecule has 2 N–H and O–H groups in total. The van der Waals surface area contributed by atoms with E-state index in [1.54, 1.807) is 0 Å². The number of hydrogen-bond donors (Lipinski definition) is 2. The van der Waals surface area contributed by atoms with Crippen molar-refractivity contribution in [1.82, 2.24) is 10.6 Å². The molecule has 2 nitrogen and oxygen atoms in total. The van der Waals surface area contributed by atoms with E-state index in [9.17, 15) is 13.2 Å². The van der Waals surface area contributed by atoms with Crippen molar-refractivity contribution in [3.8, 4) is 0 Å². The summed E-state index contributed by atoms with van der Waals surface area (Å²) in [4.78, 5) is 0. The summed E-state index contributed by atoms with van der Waals surface area (Å²) in [5.41, 5.74) is -0.0121. The van der Waals surface area contributed by atoms with Crippen LogP contribution in [0.2, 0.25) is 5.02 Å². The van der Waals surface area contributed by atoms with Crippen molar-refractivity contribution in [3.63, 3.8) is 0 Å². The molecule has 0 saturated carbocycles. The highest BCUT2D eigenvalue weighted by Crippen LogP contribution is 2.35. The second-order valence-electron chi connectivity index (χ2n) is 3.95. The van der Waals surface area contributed by atoms with Crippen molar-refractivity contribution in [2.75, 3.05) is 19.6 Å². The minimum absolute atomic E-state index is 0.0172. The van der Waals surface area contributed by atoms with Crippen molar-refractivity contribution in [1.29, 1.82) is 0 Å². The van der Waals surface area contributed by atoms with E-state index in [0.29, 0.717) is 6.54 Å². The fraction of sp³-hybridized carbons (Fsp3) is 0.455. The fourth-order valence-electron chi connectivity index (χ4n) is 1.87. The molecule has 0 unspecified atom stereocenters. The third-order valence-corrected chi connectivity index (χ3v) is 3.05. The number of alkyl halides is 3. The Morgan fingerprint density at radius 3 is 2.53 bits per heavy atom. The van der Waals surface area contributed by atoms with Crippen LogP contribution >= 0.6 is 11.6 Å². The highest BCUT2D eigenvalue weighted by molar-refractivity contribution is 6.31. The predicted octanol–water partition coefficient (Wildman–Crippen LogP) is 2.59. The molecule has 6 heteroatoms. The van der Waals surface area contributed by atoms with Crippen molar-refractivity contribution in [2.24, 2.45) is 0 Å². The van der Waals surface area contributed by atoms with Crippen molar-refractivity contribution in [3.05, 3.63) is 34.3 Å². The van der Waals surface area contributed by atoms with Crippen molar-refractivity contribution < 1.29 is 13.2 Å². The van der Waals surface area contributed by atoms with Gasteiger partial charge in [-0.1, -0.05) is 17.7 Å². The monoisotopic (exact) mass is 264 g/mol. The van der Waals surface area contributed by atoms with Crippen LogP contribution in [0.3, 0.4) is 0 Å². The van der Waals surface area contributed by atoms with Gasteiger partial charge in [-0.25, -0.2) is 0 Å². The molecule has 1 fully saturated rings. The Kier molecular flexibility index (Phi) is 3.61. The van der Waals surface area contributed by atoms with E-state index in [4.69, 9.17) is 11.6 Å². The molecule has 1 heterocycles. The number of rotatable bonds is 1. The molecular formula is C11H12ClF3N2. The maximum atomic E-state index is 12.5. The number of benzene rings is 1. The van der Waals surface area contributed by atoms with Gasteiger partial charge in [-0.3, -0.25) is 0 Å². The van der Waals surface area contributed by atoms with Crippen molar-refractivity contribution >= 4 is 11.6 Å². The van der Waals surface area contributed by atoms with Gasteiger partial charge in [-0.05, 0) is 17.7 Å². The molecule has 0 radical (unpaired) electrons. The van der Waals surface area contributed by atoms with Gasteiger partial charge in [0.15, 0.2) is 0 Å². The first kappa shape index (κ1) is 12.7. The summed E-state index contributed by atoms with van der Waals surface area (Å²) >= 11 is 5.67. The maximum absolute atomic E-state index is 12.5. The first-order valence-corrected chi connectivity index (χ1v) is 5.67. The molecule has 0 aromatic heterocycles. The molecule has 1 aliphatic rings. The molecule has 1 aromatic carbocycles. The Balaban J connectivity index is 2.24. The molecule has 0 spiro atoms. The van der Waals surface area contributed by atoms with Crippen LogP contribution in [0.15, 0.2) is 18.2 Å². The maximum Gasteiger partial charge on any atom is 0.417 e. The van der Waals surface area contributed by atoms with Crippen molar-refractivity contribution in [2.45, 2.75) is 12.2 Å². The van der Waals surface area contributed by atoms with Gasteiger partial charge in [0.25, 0.3) is 0 Å². The first-order valence-electron chi connectivity index (χ1n) is 5.29. The molecule has 0 bridgehead atoms. The van der Waals surface area contributed by atoms with Gasteiger partial charge in [0.1, 0.15) is 0 Å². The van der Waals surface area contributed by atoms with E-state index >= 15 is 0 Å². The van der Waals surface area contributed by atoms with Crippen LogP contribution in [0.25, 0.3) is 0 Å². The zero-order valence-corrected chi connectivity index (χ0v) is 9.70. The third-order valence-electron chi connectivity index (χ3n) is 2.74. The summed E-state index contributed by atoms with van der Waals surface area (Å²) in [5.74, 6) is 0. The second-order valence-corrected chi connectivity index (χ2v) is 4.36. The van der Waals surface area contributed by atoms with Crippen LogP contribution in [-0.4, -0.2) is 19.6 Å². The van der Waals surface area contributed by atoms with E-state index in [0.717, 1.165) is 24.7 Å².